The Labute approximate surface area is 73.1 Å². The third kappa shape index (κ3) is 2.48. The Morgan fingerprint density at radius 1 is 1.82 bits per heavy atom. The molecule has 0 radical (unpaired) electrons. The van der Waals surface area contributed by atoms with E-state index in [1.165, 1.54) is 0 Å². The zero-order chi connectivity index (χ0) is 8.10. The summed E-state index contributed by atoms with van der Waals surface area (Å²) >= 11 is 3.14. The summed E-state index contributed by atoms with van der Waals surface area (Å²) in [7, 11) is 1.61. The molecule has 0 atom stereocenters. The van der Waals surface area contributed by atoms with Gasteiger partial charge in [0.1, 0.15) is 12.3 Å². The van der Waals surface area contributed by atoms with Crippen molar-refractivity contribution in [2.45, 2.75) is 6.61 Å². The second kappa shape index (κ2) is 4.31. The number of halogens is 1. The second-order valence-corrected chi connectivity index (χ2v) is 2.47. The van der Waals surface area contributed by atoms with Gasteiger partial charge in [0.25, 0.3) is 0 Å². The van der Waals surface area contributed by atoms with E-state index in [0.29, 0.717) is 6.61 Å². The van der Waals surface area contributed by atoms with Gasteiger partial charge in [-0.1, -0.05) is 21.1 Å². The van der Waals surface area contributed by atoms with Crippen LogP contribution in [0.3, 0.4) is 0 Å². The molecule has 0 fully saturated rings. The molecule has 0 bridgehead atoms. The van der Waals surface area contributed by atoms with Gasteiger partial charge in [-0.3, -0.25) is 0 Å². The highest BCUT2D eigenvalue weighted by molar-refractivity contribution is 9.11. The van der Waals surface area contributed by atoms with E-state index in [9.17, 15) is 0 Å². The zero-order valence-corrected chi connectivity index (χ0v) is 7.67. The van der Waals surface area contributed by atoms with Crippen molar-refractivity contribution in [3.63, 3.8) is 0 Å². The molecule has 1 heterocycles. The Kier molecular flexibility index (Phi) is 3.32. The van der Waals surface area contributed by atoms with E-state index in [1.54, 1.807) is 18.2 Å². The maximum atomic E-state index is 4.91. The van der Waals surface area contributed by atoms with Crippen LogP contribution < -0.4 is 0 Å². The lowest BCUT2D eigenvalue weighted by Gasteiger charge is -1.87. The van der Waals surface area contributed by atoms with E-state index in [4.69, 9.17) is 9.26 Å². The van der Waals surface area contributed by atoms with E-state index < -0.39 is 0 Å². The number of methoxy groups -OCH3 is 1. The van der Waals surface area contributed by atoms with E-state index in [1.807, 2.05) is 6.07 Å². The van der Waals surface area contributed by atoms with Crippen LogP contribution in [0.25, 0.3) is 6.08 Å². The maximum absolute atomic E-state index is 4.91. The summed E-state index contributed by atoms with van der Waals surface area (Å²) < 4.78 is 9.76. The number of ether oxygens (including phenoxy) is 1. The first kappa shape index (κ1) is 8.49. The Morgan fingerprint density at radius 2 is 2.64 bits per heavy atom. The molecule has 0 unspecified atom stereocenters. The predicted octanol–water partition coefficient (Wildman–Crippen LogP) is 2.19. The van der Waals surface area contributed by atoms with Gasteiger partial charge < -0.3 is 9.26 Å². The van der Waals surface area contributed by atoms with Crippen LogP contribution in [0, 0.1) is 0 Å². The summed E-state index contributed by atoms with van der Waals surface area (Å²) in [4.78, 5) is 1.72. The molecule has 11 heavy (non-hydrogen) atoms. The average molecular weight is 218 g/mol. The highest BCUT2D eigenvalue weighted by Crippen LogP contribution is 2.06. The first-order valence-electron chi connectivity index (χ1n) is 3.08. The average Bonchev–Trinajstić information content (AvgIpc) is 2.38. The summed E-state index contributed by atoms with van der Waals surface area (Å²) in [6.07, 6.45) is 1.79. The van der Waals surface area contributed by atoms with Gasteiger partial charge in [0.15, 0.2) is 5.76 Å². The fraction of sp³-hybridized carbons (Fsp3) is 0.286. The summed E-state index contributed by atoms with van der Waals surface area (Å²) in [5, 5.41) is 3.75. The molecule has 0 spiro atoms. The summed E-state index contributed by atoms with van der Waals surface area (Å²) in [5.74, 6) is 0.730. The normalized spacial score (nSPS) is 11.1. The monoisotopic (exact) mass is 217 g/mol. The Morgan fingerprint density at radius 3 is 3.27 bits per heavy atom. The molecular weight excluding hydrogens is 210 g/mol. The zero-order valence-electron chi connectivity index (χ0n) is 6.08. The van der Waals surface area contributed by atoms with Crippen molar-refractivity contribution in [1.82, 2.24) is 5.16 Å². The third-order valence-electron chi connectivity index (χ3n) is 1.10. The van der Waals surface area contributed by atoms with Crippen LogP contribution in [-0.2, 0) is 11.3 Å². The molecule has 0 amide bonds. The number of aromatic nitrogens is 1. The molecule has 1 rings (SSSR count). The molecule has 3 nitrogen and oxygen atoms in total. The first-order valence-corrected chi connectivity index (χ1v) is 3.99. The molecule has 1 aromatic heterocycles. The molecule has 4 heteroatoms. The summed E-state index contributed by atoms with van der Waals surface area (Å²) in [5.41, 5.74) is 0.786. The molecule has 0 saturated carbocycles. The molecule has 0 saturated heterocycles. The van der Waals surface area contributed by atoms with Crippen LogP contribution in [0.5, 0.6) is 0 Å². The van der Waals surface area contributed by atoms with Crippen LogP contribution in [0.15, 0.2) is 15.6 Å². The number of nitrogens with zero attached hydrogens (tertiary/aromatic N) is 1. The van der Waals surface area contributed by atoms with Crippen molar-refractivity contribution < 1.29 is 9.26 Å². The number of rotatable bonds is 3. The highest BCUT2D eigenvalue weighted by atomic mass is 79.9. The lowest BCUT2D eigenvalue weighted by Crippen LogP contribution is -1.81. The molecule has 60 valence electrons. The van der Waals surface area contributed by atoms with Gasteiger partial charge in [0.2, 0.25) is 0 Å². The molecule has 0 aliphatic rings. The van der Waals surface area contributed by atoms with Gasteiger partial charge >= 0.3 is 0 Å². The first-order chi connectivity index (χ1) is 5.36. The van der Waals surface area contributed by atoms with E-state index in [0.717, 1.165) is 11.5 Å². The predicted molar refractivity (Wildman–Crippen MR) is 45.2 cm³/mol. The van der Waals surface area contributed by atoms with Gasteiger partial charge in [-0.2, -0.15) is 0 Å². The van der Waals surface area contributed by atoms with E-state index in [2.05, 4.69) is 21.1 Å². The van der Waals surface area contributed by atoms with Crippen LogP contribution in [0.2, 0.25) is 0 Å². The minimum Gasteiger partial charge on any atom is -0.377 e. The molecule has 0 N–H and O–H groups in total. The Hall–Kier alpha value is -0.610. The van der Waals surface area contributed by atoms with Crippen molar-refractivity contribution in [1.29, 1.82) is 0 Å². The lowest BCUT2D eigenvalue weighted by atomic mass is 10.4. The topological polar surface area (TPSA) is 35.3 Å². The van der Waals surface area contributed by atoms with Crippen molar-refractivity contribution in [3.05, 3.63) is 22.5 Å². The van der Waals surface area contributed by atoms with Crippen LogP contribution in [-0.4, -0.2) is 12.3 Å². The van der Waals surface area contributed by atoms with Gasteiger partial charge in [0.05, 0.1) is 0 Å². The van der Waals surface area contributed by atoms with Crippen LogP contribution in [0.1, 0.15) is 11.5 Å². The van der Waals surface area contributed by atoms with Gasteiger partial charge in [-0.25, -0.2) is 0 Å². The SMILES string of the molecule is COCc1cc(/C=C/Br)no1. The number of hydrogen-bond donors (Lipinski definition) is 0. The van der Waals surface area contributed by atoms with Crippen molar-refractivity contribution in [2.75, 3.05) is 7.11 Å². The van der Waals surface area contributed by atoms with Crippen LogP contribution >= 0.6 is 15.9 Å². The second-order valence-electron chi connectivity index (χ2n) is 1.94. The van der Waals surface area contributed by atoms with Gasteiger partial charge in [-0.15, -0.1) is 0 Å². The van der Waals surface area contributed by atoms with Crippen LogP contribution in [0.4, 0.5) is 0 Å². The van der Waals surface area contributed by atoms with Gasteiger partial charge in [0, 0.05) is 13.2 Å². The third-order valence-corrected chi connectivity index (χ3v) is 1.36. The maximum Gasteiger partial charge on any atom is 0.162 e. The quantitative estimate of drug-likeness (QED) is 0.779. The highest BCUT2D eigenvalue weighted by Gasteiger charge is 1.98. The molecule has 0 aliphatic heterocycles. The van der Waals surface area contributed by atoms with Crippen molar-refractivity contribution in [2.24, 2.45) is 0 Å². The fourth-order valence-corrected chi connectivity index (χ4v) is 0.953. The molecule has 0 aromatic carbocycles. The van der Waals surface area contributed by atoms with Crippen molar-refractivity contribution >= 4 is 22.0 Å². The lowest BCUT2D eigenvalue weighted by molar-refractivity contribution is 0.156. The molecule has 1 aromatic rings. The van der Waals surface area contributed by atoms with Crippen molar-refractivity contribution in [3.8, 4) is 0 Å². The standard InChI is InChI=1S/C7H8BrNO2/c1-10-5-7-4-6(2-3-8)9-11-7/h2-4H,5H2,1H3/b3-2+. The van der Waals surface area contributed by atoms with E-state index in [-0.39, 0.29) is 0 Å². The van der Waals surface area contributed by atoms with Gasteiger partial charge in [-0.05, 0) is 11.1 Å². The molecule has 0 aliphatic carbocycles. The summed E-state index contributed by atoms with van der Waals surface area (Å²) in [6, 6.07) is 1.82. The molecular formula is C7H8BrNO2. The summed E-state index contributed by atoms with van der Waals surface area (Å²) in [6.45, 7) is 0.461. The smallest absolute Gasteiger partial charge is 0.162 e. The largest absolute Gasteiger partial charge is 0.377 e. The fourth-order valence-electron chi connectivity index (χ4n) is 0.682. The van der Waals surface area contributed by atoms with E-state index >= 15 is 0 Å². The minimum absolute atomic E-state index is 0.461. The number of hydrogen-bond acceptors (Lipinski definition) is 3. The Balaban J connectivity index is 2.65. The Bertz CT molecular complexity index is 244. The minimum atomic E-state index is 0.461.